The molecule has 38 heavy (non-hydrogen) atoms. The minimum Gasteiger partial charge on any atom is -0.313 e. The SMILES string of the molecule is CC1(C)CC(C(C)(C)C)(C(C)(C)C)CC(C)(C)N1O.CN1C(C)(C)CC(CC(C)(C)C)(C(C)(C)C)C1(C)C. The van der Waals surface area contributed by atoms with E-state index in [0.717, 1.165) is 12.8 Å². The molecule has 0 spiro atoms. The second-order valence-electron chi connectivity index (χ2n) is 20.0. The van der Waals surface area contributed by atoms with Crippen LogP contribution in [0, 0.1) is 32.5 Å². The number of piperidine rings is 1. The molecule has 0 bridgehead atoms. The van der Waals surface area contributed by atoms with Gasteiger partial charge in [-0.05, 0) is 121 Å². The number of likely N-dealkylation sites (tertiary alicyclic amines) is 1. The van der Waals surface area contributed by atoms with E-state index >= 15 is 0 Å². The molecule has 1 unspecified atom stereocenters. The van der Waals surface area contributed by atoms with E-state index < -0.39 is 0 Å². The Morgan fingerprint density at radius 2 is 0.895 bits per heavy atom. The molecule has 1 atom stereocenters. The number of hydrogen-bond donors (Lipinski definition) is 1. The molecule has 228 valence electrons. The summed E-state index contributed by atoms with van der Waals surface area (Å²) in [5.41, 5.74) is 1.76. The Morgan fingerprint density at radius 3 is 1.11 bits per heavy atom. The first-order chi connectivity index (χ1) is 16.1. The van der Waals surface area contributed by atoms with Crippen LogP contribution in [0.15, 0.2) is 0 Å². The quantitative estimate of drug-likeness (QED) is 0.361. The van der Waals surface area contributed by atoms with Crippen LogP contribution in [0.5, 0.6) is 0 Å². The van der Waals surface area contributed by atoms with Gasteiger partial charge in [0.05, 0.1) is 0 Å². The number of hydroxylamine groups is 2. The maximum atomic E-state index is 10.6. The summed E-state index contributed by atoms with van der Waals surface area (Å²) in [4.78, 5) is 2.62. The molecule has 2 rings (SSSR count). The highest BCUT2D eigenvalue weighted by Crippen LogP contribution is 2.65. The Kier molecular flexibility index (Phi) is 9.19. The van der Waals surface area contributed by atoms with E-state index in [9.17, 15) is 5.21 Å². The van der Waals surface area contributed by atoms with Crippen LogP contribution in [-0.4, -0.2) is 44.4 Å². The van der Waals surface area contributed by atoms with Crippen LogP contribution < -0.4 is 0 Å². The molecule has 0 aliphatic carbocycles. The standard InChI is InChI=1S/C18H37N.C17H35NO/c1-14(2,3)12-18(15(4,5)6)13-16(7,8)19(11)17(18,9)10;1-13(2,3)17(14(4,5)6)11-15(7,8)18(19)16(9,10)12-17/h12-13H2,1-11H3;19H,11-12H2,1-10H3. The first-order valence-electron chi connectivity index (χ1n) is 15.4. The lowest BCUT2D eigenvalue weighted by molar-refractivity contribution is -0.289. The monoisotopic (exact) mass is 537 g/mol. The molecule has 3 nitrogen and oxygen atoms in total. The van der Waals surface area contributed by atoms with Crippen molar-refractivity contribution in [1.29, 1.82) is 0 Å². The van der Waals surface area contributed by atoms with Gasteiger partial charge in [-0.25, -0.2) is 0 Å². The Hall–Kier alpha value is -0.120. The van der Waals surface area contributed by atoms with Crippen LogP contribution in [-0.2, 0) is 0 Å². The summed E-state index contributed by atoms with van der Waals surface area (Å²) in [6, 6.07) is 0. The van der Waals surface area contributed by atoms with E-state index in [1.54, 1.807) is 5.06 Å². The zero-order valence-corrected chi connectivity index (χ0v) is 30.2. The number of hydrogen-bond acceptors (Lipinski definition) is 3. The van der Waals surface area contributed by atoms with Crippen LogP contribution in [0.25, 0.3) is 0 Å². The third-order valence-electron chi connectivity index (χ3n) is 11.4. The van der Waals surface area contributed by atoms with Gasteiger partial charge in [0.25, 0.3) is 0 Å². The average molecular weight is 537 g/mol. The van der Waals surface area contributed by atoms with E-state index in [2.05, 4.69) is 150 Å². The van der Waals surface area contributed by atoms with Gasteiger partial charge in [0.15, 0.2) is 0 Å². The first kappa shape index (κ1) is 35.9. The smallest absolute Gasteiger partial charge is 0.0416 e. The van der Waals surface area contributed by atoms with Gasteiger partial charge in [0.1, 0.15) is 0 Å². The summed E-state index contributed by atoms with van der Waals surface area (Å²) >= 11 is 0. The van der Waals surface area contributed by atoms with Gasteiger partial charge in [-0.2, -0.15) is 5.06 Å². The highest BCUT2D eigenvalue weighted by molar-refractivity contribution is 5.17. The molecule has 0 amide bonds. The molecule has 0 saturated carbocycles. The lowest BCUT2D eigenvalue weighted by Crippen LogP contribution is -2.67. The van der Waals surface area contributed by atoms with E-state index in [-0.39, 0.29) is 38.4 Å². The maximum Gasteiger partial charge on any atom is 0.0416 e. The summed E-state index contributed by atoms with van der Waals surface area (Å²) in [6.45, 7) is 47.0. The minimum atomic E-state index is -0.192. The minimum absolute atomic E-state index is 0.192. The molecule has 2 fully saturated rings. The third-order valence-corrected chi connectivity index (χ3v) is 11.4. The van der Waals surface area contributed by atoms with Crippen molar-refractivity contribution < 1.29 is 5.21 Å². The van der Waals surface area contributed by atoms with Crippen LogP contribution in [0.4, 0.5) is 0 Å². The molecule has 2 heterocycles. The molecular formula is C35H72N2O. The van der Waals surface area contributed by atoms with Gasteiger partial charge in [0.2, 0.25) is 0 Å². The van der Waals surface area contributed by atoms with E-state index in [0.29, 0.717) is 16.2 Å². The van der Waals surface area contributed by atoms with Crippen LogP contribution in [0.1, 0.15) is 164 Å². The summed E-state index contributed by atoms with van der Waals surface area (Å²) in [7, 11) is 2.32. The van der Waals surface area contributed by atoms with Gasteiger partial charge in [-0.1, -0.05) is 83.1 Å². The van der Waals surface area contributed by atoms with Crippen molar-refractivity contribution in [3.05, 3.63) is 0 Å². The molecule has 0 aromatic heterocycles. The molecule has 0 radical (unpaired) electrons. The summed E-state index contributed by atoms with van der Waals surface area (Å²) in [6.07, 6.45) is 4.61. The topological polar surface area (TPSA) is 26.7 Å². The van der Waals surface area contributed by atoms with Crippen molar-refractivity contribution in [2.75, 3.05) is 7.05 Å². The van der Waals surface area contributed by atoms with E-state index in [1.807, 2.05) is 0 Å². The Labute approximate surface area is 240 Å². The van der Waals surface area contributed by atoms with Crippen molar-refractivity contribution >= 4 is 0 Å². The van der Waals surface area contributed by atoms with Gasteiger partial charge >= 0.3 is 0 Å². The highest BCUT2D eigenvalue weighted by Gasteiger charge is 2.64. The second-order valence-corrected chi connectivity index (χ2v) is 20.0. The molecule has 0 aromatic carbocycles. The number of rotatable bonds is 1. The fourth-order valence-corrected chi connectivity index (χ4v) is 9.48. The van der Waals surface area contributed by atoms with Crippen molar-refractivity contribution in [3.8, 4) is 0 Å². The molecule has 2 saturated heterocycles. The van der Waals surface area contributed by atoms with Crippen molar-refractivity contribution in [2.45, 2.75) is 186 Å². The Balaban J connectivity index is 0.000000380. The Morgan fingerprint density at radius 1 is 0.553 bits per heavy atom. The van der Waals surface area contributed by atoms with Crippen molar-refractivity contribution in [2.24, 2.45) is 32.5 Å². The molecule has 2 aliphatic rings. The first-order valence-corrected chi connectivity index (χ1v) is 15.4. The second kappa shape index (κ2) is 9.72. The van der Waals surface area contributed by atoms with E-state index in [4.69, 9.17) is 0 Å². The van der Waals surface area contributed by atoms with Crippen molar-refractivity contribution in [3.63, 3.8) is 0 Å². The summed E-state index contributed by atoms with van der Waals surface area (Å²) in [5.74, 6) is 0. The van der Waals surface area contributed by atoms with E-state index in [1.165, 1.54) is 12.8 Å². The third kappa shape index (κ3) is 6.20. The zero-order valence-electron chi connectivity index (χ0n) is 30.2. The molecule has 1 N–H and O–H groups in total. The fourth-order valence-electron chi connectivity index (χ4n) is 9.48. The summed E-state index contributed by atoms with van der Waals surface area (Å²) < 4.78 is 0. The Bertz CT molecular complexity index is 777. The molecular weight excluding hydrogens is 464 g/mol. The fraction of sp³-hybridized carbons (Fsp3) is 1.00. The summed E-state index contributed by atoms with van der Waals surface area (Å²) in [5, 5.41) is 12.2. The lowest BCUT2D eigenvalue weighted by Gasteiger charge is -2.65. The van der Waals surface area contributed by atoms with Gasteiger partial charge in [-0.15, -0.1) is 0 Å². The van der Waals surface area contributed by atoms with Crippen LogP contribution in [0.3, 0.4) is 0 Å². The van der Waals surface area contributed by atoms with Crippen molar-refractivity contribution in [1.82, 2.24) is 9.96 Å². The van der Waals surface area contributed by atoms with Crippen LogP contribution in [0.2, 0.25) is 0 Å². The number of nitrogens with zero attached hydrogens (tertiary/aromatic N) is 2. The predicted octanol–water partition coefficient (Wildman–Crippen LogP) is 10.5. The predicted molar refractivity (Wildman–Crippen MR) is 169 cm³/mol. The lowest BCUT2D eigenvalue weighted by atomic mass is 9.46. The largest absolute Gasteiger partial charge is 0.313 e. The average Bonchev–Trinajstić information content (AvgIpc) is 2.73. The molecule has 3 heteroatoms. The molecule has 0 aromatic rings. The van der Waals surface area contributed by atoms with Gasteiger partial charge in [-0.3, -0.25) is 4.90 Å². The van der Waals surface area contributed by atoms with Gasteiger partial charge < -0.3 is 5.21 Å². The van der Waals surface area contributed by atoms with Crippen LogP contribution >= 0.6 is 0 Å². The normalized spacial score (nSPS) is 29.5. The molecule has 2 aliphatic heterocycles. The zero-order chi connectivity index (χ0) is 31.0. The highest BCUT2D eigenvalue weighted by atomic mass is 16.5. The maximum absolute atomic E-state index is 10.6. The van der Waals surface area contributed by atoms with Gasteiger partial charge in [0, 0.05) is 22.2 Å².